The smallest absolute Gasteiger partial charge is 0.127 e. The van der Waals surface area contributed by atoms with E-state index in [-0.39, 0.29) is 5.82 Å². The van der Waals surface area contributed by atoms with Crippen LogP contribution in [0.4, 0.5) is 4.39 Å². The van der Waals surface area contributed by atoms with Crippen LogP contribution in [-0.4, -0.2) is 6.54 Å². The van der Waals surface area contributed by atoms with E-state index in [4.69, 9.17) is 17.3 Å². The second kappa shape index (κ2) is 5.83. The summed E-state index contributed by atoms with van der Waals surface area (Å²) in [6.07, 6.45) is 5.67. The summed E-state index contributed by atoms with van der Waals surface area (Å²) in [5.41, 5.74) is 6.57. The minimum Gasteiger partial charge on any atom is -0.330 e. The molecule has 0 aromatic heterocycles. The van der Waals surface area contributed by atoms with E-state index < -0.39 is 0 Å². The zero-order valence-electron chi connectivity index (χ0n) is 9.96. The van der Waals surface area contributed by atoms with Crippen LogP contribution >= 0.6 is 11.6 Å². The highest BCUT2D eigenvalue weighted by molar-refractivity contribution is 6.30. The minimum atomic E-state index is -0.182. The molecule has 0 heterocycles. The molecule has 2 rings (SSSR count). The maximum atomic E-state index is 13.7. The third-order valence-electron chi connectivity index (χ3n) is 3.87. The second-order valence-electron chi connectivity index (χ2n) is 4.98. The Morgan fingerprint density at radius 2 is 1.94 bits per heavy atom. The average molecular weight is 256 g/mol. The first kappa shape index (κ1) is 12.8. The van der Waals surface area contributed by atoms with E-state index in [1.54, 1.807) is 12.1 Å². The molecule has 94 valence electrons. The summed E-state index contributed by atoms with van der Waals surface area (Å²) in [5, 5.41) is 0.463. The molecule has 0 amide bonds. The molecule has 1 aliphatic rings. The van der Waals surface area contributed by atoms with Gasteiger partial charge in [0.1, 0.15) is 5.82 Å². The van der Waals surface area contributed by atoms with Crippen LogP contribution in [0.2, 0.25) is 5.02 Å². The Labute approximate surface area is 107 Å². The number of halogens is 2. The normalized spacial score (nSPS) is 24.9. The van der Waals surface area contributed by atoms with Gasteiger partial charge in [0.2, 0.25) is 0 Å². The van der Waals surface area contributed by atoms with Gasteiger partial charge in [-0.2, -0.15) is 0 Å². The van der Waals surface area contributed by atoms with Crippen LogP contribution in [0.5, 0.6) is 0 Å². The molecule has 2 unspecified atom stereocenters. The summed E-state index contributed by atoms with van der Waals surface area (Å²) < 4.78 is 13.7. The van der Waals surface area contributed by atoms with E-state index in [2.05, 4.69) is 0 Å². The van der Waals surface area contributed by atoms with Crippen molar-refractivity contribution in [1.82, 2.24) is 0 Å². The van der Waals surface area contributed by atoms with Crippen molar-refractivity contribution in [3.05, 3.63) is 34.6 Å². The van der Waals surface area contributed by atoms with E-state index in [0.29, 0.717) is 16.9 Å². The summed E-state index contributed by atoms with van der Waals surface area (Å²) in [5.74, 6) is 0.905. The highest BCUT2D eigenvalue weighted by Gasteiger charge is 2.24. The number of rotatable bonds is 3. The second-order valence-corrected chi connectivity index (χ2v) is 5.42. The molecule has 0 radical (unpaired) electrons. The van der Waals surface area contributed by atoms with Gasteiger partial charge in [-0.05, 0) is 55.3 Å². The summed E-state index contributed by atoms with van der Waals surface area (Å²) in [6.45, 7) is 0.722. The predicted octanol–water partition coefficient (Wildman–Crippen LogP) is 3.79. The maximum Gasteiger partial charge on any atom is 0.127 e. The molecule has 0 saturated heterocycles. The molecule has 0 spiro atoms. The van der Waals surface area contributed by atoms with Crippen LogP contribution in [0, 0.1) is 17.7 Å². The molecule has 1 nitrogen and oxygen atoms in total. The Hall–Kier alpha value is -0.600. The van der Waals surface area contributed by atoms with Gasteiger partial charge in [0.25, 0.3) is 0 Å². The van der Waals surface area contributed by atoms with Gasteiger partial charge in [-0.15, -0.1) is 0 Å². The highest BCUT2D eigenvalue weighted by Crippen LogP contribution is 2.32. The van der Waals surface area contributed by atoms with Gasteiger partial charge < -0.3 is 5.73 Å². The zero-order chi connectivity index (χ0) is 12.3. The molecule has 2 atom stereocenters. The quantitative estimate of drug-likeness (QED) is 0.874. The molecule has 1 aromatic carbocycles. The van der Waals surface area contributed by atoms with Crippen molar-refractivity contribution < 1.29 is 4.39 Å². The molecule has 0 aliphatic heterocycles. The molecule has 1 aromatic rings. The van der Waals surface area contributed by atoms with Crippen molar-refractivity contribution >= 4 is 11.6 Å². The van der Waals surface area contributed by atoms with Crippen LogP contribution in [-0.2, 0) is 6.42 Å². The Kier molecular flexibility index (Phi) is 4.41. The fourth-order valence-corrected chi connectivity index (χ4v) is 2.99. The predicted molar refractivity (Wildman–Crippen MR) is 69.6 cm³/mol. The largest absolute Gasteiger partial charge is 0.330 e. The van der Waals surface area contributed by atoms with Crippen LogP contribution in [0.15, 0.2) is 18.2 Å². The van der Waals surface area contributed by atoms with Gasteiger partial charge in [-0.25, -0.2) is 4.39 Å². The molecule has 3 heteroatoms. The van der Waals surface area contributed by atoms with Crippen molar-refractivity contribution in [3.8, 4) is 0 Å². The van der Waals surface area contributed by atoms with Crippen molar-refractivity contribution in [1.29, 1.82) is 0 Å². The molecule has 1 aliphatic carbocycles. The Morgan fingerprint density at radius 3 is 2.59 bits per heavy atom. The van der Waals surface area contributed by atoms with Crippen LogP contribution < -0.4 is 5.73 Å². The summed E-state index contributed by atoms with van der Waals surface area (Å²) in [6, 6.07) is 4.97. The van der Waals surface area contributed by atoms with Gasteiger partial charge in [0.15, 0.2) is 0 Å². The molecule has 17 heavy (non-hydrogen) atoms. The van der Waals surface area contributed by atoms with E-state index >= 15 is 0 Å². The lowest BCUT2D eigenvalue weighted by atomic mass is 9.76. The third-order valence-corrected chi connectivity index (χ3v) is 4.10. The van der Waals surface area contributed by atoms with Crippen LogP contribution in [0.3, 0.4) is 0 Å². The Balaban J connectivity index is 2.08. The lowest BCUT2D eigenvalue weighted by Crippen LogP contribution is -2.28. The first-order valence-electron chi connectivity index (χ1n) is 6.34. The Morgan fingerprint density at radius 1 is 1.24 bits per heavy atom. The SMILES string of the molecule is NCC1CCCCC1Cc1ccc(Cl)cc1F. The topological polar surface area (TPSA) is 26.0 Å². The number of hydrogen-bond donors (Lipinski definition) is 1. The monoisotopic (exact) mass is 255 g/mol. The fourth-order valence-electron chi connectivity index (χ4n) is 2.83. The van der Waals surface area contributed by atoms with Gasteiger partial charge >= 0.3 is 0 Å². The molecular formula is C14H19ClFN. The third kappa shape index (κ3) is 3.20. The van der Waals surface area contributed by atoms with Crippen LogP contribution in [0.1, 0.15) is 31.2 Å². The molecule has 2 N–H and O–H groups in total. The number of nitrogens with two attached hydrogens (primary N) is 1. The Bertz CT molecular complexity index is 380. The van der Waals surface area contributed by atoms with Gasteiger partial charge in [-0.1, -0.05) is 30.5 Å². The van der Waals surface area contributed by atoms with Crippen molar-refractivity contribution in [2.75, 3.05) is 6.54 Å². The average Bonchev–Trinajstić information content (AvgIpc) is 2.33. The van der Waals surface area contributed by atoms with Crippen molar-refractivity contribution in [3.63, 3.8) is 0 Å². The molecule has 1 saturated carbocycles. The summed E-state index contributed by atoms with van der Waals surface area (Å²) in [7, 11) is 0. The van der Waals surface area contributed by atoms with Gasteiger partial charge in [-0.3, -0.25) is 0 Å². The van der Waals surface area contributed by atoms with Gasteiger partial charge in [0, 0.05) is 5.02 Å². The van der Waals surface area contributed by atoms with E-state index in [0.717, 1.165) is 18.5 Å². The van der Waals surface area contributed by atoms with E-state index in [1.807, 2.05) is 0 Å². The lowest BCUT2D eigenvalue weighted by Gasteiger charge is -2.30. The standard InChI is InChI=1S/C14H19ClFN/c15-13-6-5-11(14(16)8-13)7-10-3-1-2-4-12(10)9-17/h5-6,8,10,12H,1-4,7,9,17H2. The molecule has 1 fully saturated rings. The number of hydrogen-bond acceptors (Lipinski definition) is 1. The van der Waals surface area contributed by atoms with Gasteiger partial charge in [0.05, 0.1) is 0 Å². The zero-order valence-corrected chi connectivity index (χ0v) is 10.7. The molecule has 0 bridgehead atoms. The summed E-state index contributed by atoms with van der Waals surface area (Å²) >= 11 is 5.76. The number of benzene rings is 1. The molecular weight excluding hydrogens is 237 g/mol. The lowest BCUT2D eigenvalue weighted by molar-refractivity contribution is 0.240. The van der Waals surface area contributed by atoms with Crippen molar-refractivity contribution in [2.24, 2.45) is 17.6 Å². The first-order valence-corrected chi connectivity index (χ1v) is 6.72. The fraction of sp³-hybridized carbons (Fsp3) is 0.571. The highest BCUT2D eigenvalue weighted by atomic mass is 35.5. The first-order chi connectivity index (χ1) is 8.20. The minimum absolute atomic E-state index is 0.182. The van der Waals surface area contributed by atoms with E-state index in [1.165, 1.54) is 31.7 Å². The summed E-state index contributed by atoms with van der Waals surface area (Å²) in [4.78, 5) is 0. The van der Waals surface area contributed by atoms with Crippen molar-refractivity contribution in [2.45, 2.75) is 32.1 Å². The maximum absolute atomic E-state index is 13.7. The van der Waals surface area contributed by atoms with Crippen LogP contribution in [0.25, 0.3) is 0 Å². The van der Waals surface area contributed by atoms with E-state index in [9.17, 15) is 4.39 Å².